The molecule has 0 saturated carbocycles. The molecule has 114 valence electrons. The first-order valence-corrected chi connectivity index (χ1v) is 8.18. The molecule has 2 heterocycles. The Balaban J connectivity index is 1.79. The minimum atomic E-state index is -0.108. The van der Waals surface area contributed by atoms with E-state index >= 15 is 0 Å². The highest BCUT2D eigenvalue weighted by atomic mass is 79.9. The number of fused-ring (bicyclic) bond motifs is 1. The molecule has 5 heteroatoms. The monoisotopic (exact) mass is 367 g/mol. The van der Waals surface area contributed by atoms with Crippen molar-refractivity contribution in [3.63, 3.8) is 0 Å². The van der Waals surface area contributed by atoms with Crippen LogP contribution in [0.3, 0.4) is 0 Å². The van der Waals surface area contributed by atoms with E-state index in [4.69, 9.17) is 4.98 Å². The number of imidazole rings is 1. The second-order valence-corrected chi connectivity index (χ2v) is 6.34. The highest BCUT2D eigenvalue weighted by Crippen LogP contribution is 2.33. The fourth-order valence-corrected chi connectivity index (χ4v) is 3.51. The van der Waals surface area contributed by atoms with Crippen molar-refractivity contribution in [1.29, 1.82) is 0 Å². The molecule has 1 N–H and O–H groups in total. The average molecular weight is 368 g/mol. The van der Waals surface area contributed by atoms with E-state index in [0.29, 0.717) is 6.54 Å². The number of aromatic nitrogens is 2. The fraction of sp³-hybridized carbons (Fsp3) is 0.111. The van der Waals surface area contributed by atoms with Gasteiger partial charge in [0.2, 0.25) is 6.41 Å². The number of nitrogens with one attached hydrogen (secondary N) is 1. The van der Waals surface area contributed by atoms with Gasteiger partial charge in [-0.25, -0.2) is 4.98 Å². The highest BCUT2D eigenvalue weighted by Gasteiger charge is 2.23. The van der Waals surface area contributed by atoms with Crippen LogP contribution in [0.2, 0.25) is 0 Å². The summed E-state index contributed by atoms with van der Waals surface area (Å²) in [6.07, 6.45) is 6.75. The van der Waals surface area contributed by atoms with Crippen LogP contribution >= 0.6 is 15.9 Å². The van der Waals surface area contributed by atoms with Gasteiger partial charge in [0, 0.05) is 22.8 Å². The maximum atomic E-state index is 11.1. The van der Waals surface area contributed by atoms with Gasteiger partial charge >= 0.3 is 0 Å². The van der Waals surface area contributed by atoms with E-state index in [-0.39, 0.29) is 6.04 Å². The average Bonchev–Trinajstić information content (AvgIpc) is 3.23. The number of benzene rings is 2. The number of hydrogen-bond donors (Lipinski definition) is 1. The van der Waals surface area contributed by atoms with Crippen molar-refractivity contribution in [2.45, 2.75) is 6.04 Å². The van der Waals surface area contributed by atoms with Gasteiger partial charge in [0.05, 0.1) is 5.69 Å². The predicted molar refractivity (Wildman–Crippen MR) is 93.9 cm³/mol. The van der Waals surface area contributed by atoms with Gasteiger partial charge in [-0.2, -0.15) is 0 Å². The van der Waals surface area contributed by atoms with E-state index in [1.807, 2.05) is 36.5 Å². The largest absolute Gasteiger partial charge is 0.346 e. The number of nitrogens with zero attached hydrogens (tertiary/aromatic N) is 2. The van der Waals surface area contributed by atoms with E-state index in [0.717, 1.165) is 38.7 Å². The van der Waals surface area contributed by atoms with Crippen LogP contribution in [0.25, 0.3) is 22.0 Å². The first kappa shape index (κ1) is 14.2. The lowest BCUT2D eigenvalue weighted by molar-refractivity contribution is -0.118. The van der Waals surface area contributed by atoms with Crippen molar-refractivity contribution in [2.24, 2.45) is 0 Å². The Morgan fingerprint density at radius 2 is 2.04 bits per heavy atom. The molecule has 0 fully saturated rings. The van der Waals surface area contributed by atoms with Gasteiger partial charge in [-0.15, -0.1) is 0 Å². The number of rotatable bonds is 3. The fourth-order valence-electron chi connectivity index (χ4n) is 3.01. The summed E-state index contributed by atoms with van der Waals surface area (Å²) in [6, 6.07) is 12.2. The third-order valence-electron chi connectivity index (χ3n) is 4.15. The van der Waals surface area contributed by atoms with Crippen molar-refractivity contribution in [1.82, 2.24) is 14.9 Å². The zero-order chi connectivity index (χ0) is 15.8. The minimum Gasteiger partial charge on any atom is -0.346 e. The molecule has 1 unspecified atom stereocenters. The van der Waals surface area contributed by atoms with Crippen LogP contribution in [0.1, 0.15) is 11.9 Å². The van der Waals surface area contributed by atoms with Gasteiger partial charge in [-0.1, -0.05) is 58.4 Å². The third kappa shape index (κ3) is 2.37. The summed E-state index contributed by atoms with van der Waals surface area (Å²) in [7, 11) is 0. The molecule has 0 spiro atoms. The topological polar surface area (TPSA) is 49.0 Å². The first-order chi connectivity index (χ1) is 11.3. The molecule has 1 atom stereocenters. The summed E-state index contributed by atoms with van der Waals surface area (Å²) in [6.45, 7) is 0.630. The standard InChI is InChI=1S/C18H14BrN3O/c19-15-7-2-4-12-13(15)5-1-6-14(12)16-10-20-18(21-16)17-8-3-9-22(17)11-23/h1-8,10-11,17H,9H2,(H,20,21). The lowest BCUT2D eigenvalue weighted by Gasteiger charge is -2.17. The summed E-state index contributed by atoms with van der Waals surface area (Å²) >= 11 is 3.60. The van der Waals surface area contributed by atoms with Crippen LogP contribution < -0.4 is 0 Å². The number of amides is 1. The maximum absolute atomic E-state index is 11.1. The van der Waals surface area contributed by atoms with Crippen LogP contribution in [0.4, 0.5) is 0 Å². The number of carbonyl (C=O) groups is 1. The molecule has 2 aromatic carbocycles. The molecular formula is C18H14BrN3O. The summed E-state index contributed by atoms with van der Waals surface area (Å²) in [4.78, 5) is 20.8. The number of H-pyrrole nitrogens is 1. The Morgan fingerprint density at radius 1 is 1.22 bits per heavy atom. The number of aromatic amines is 1. The van der Waals surface area contributed by atoms with Gasteiger partial charge in [0.25, 0.3) is 0 Å². The summed E-state index contributed by atoms with van der Waals surface area (Å²) < 4.78 is 1.07. The van der Waals surface area contributed by atoms with Crippen molar-refractivity contribution in [2.75, 3.05) is 6.54 Å². The molecule has 1 amide bonds. The van der Waals surface area contributed by atoms with Gasteiger partial charge in [-0.3, -0.25) is 4.79 Å². The Kier molecular flexibility index (Phi) is 3.50. The molecule has 0 radical (unpaired) electrons. The normalized spacial score (nSPS) is 17.1. The molecule has 0 saturated heterocycles. The summed E-state index contributed by atoms with van der Waals surface area (Å²) in [5, 5.41) is 2.30. The van der Waals surface area contributed by atoms with Gasteiger partial charge in [-0.05, 0) is 16.8 Å². The molecule has 3 aromatic rings. The first-order valence-electron chi connectivity index (χ1n) is 7.38. The Hall–Kier alpha value is -2.40. The molecular weight excluding hydrogens is 354 g/mol. The van der Waals surface area contributed by atoms with Crippen molar-refractivity contribution in [3.05, 3.63) is 65.0 Å². The summed E-state index contributed by atoms with van der Waals surface area (Å²) in [5.74, 6) is 0.785. The van der Waals surface area contributed by atoms with E-state index in [1.54, 1.807) is 4.90 Å². The molecule has 0 bridgehead atoms. The van der Waals surface area contributed by atoms with Crippen LogP contribution in [-0.2, 0) is 4.79 Å². The second kappa shape index (κ2) is 5.66. The zero-order valence-electron chi connectivity index (χ0n) is 12.2. The van der Waals surface area contributed by atoms with E-state index in [9.17, 15) is 4.79 Å². The molecule has 23 heavy (non-hydrogen) atoms. The molecule has 1 aliphatic heterocycles. The number of hydrogen-bond acceptors (Lipinski definition) is 2. The molecule has 1 aromatic heterocycles. The number of carbonyl (C=O) groups excluding carboxylic acids is 1. The third-order valence-corrected chi connectivity index (χ3v) is 4.84. The Labute approximate surface area is 142 Å². The Bertz CT molecular complexity index is 916. The van der Waals surface area contributed by atoms with Gasteiger partial charge in [0.1, 0.15) is 11.9 Å². The van der Waals surface area contributed by atoms with Crippen molar-refractivity contribution >= 4 is 33.1 Å². The van der Waals surface area contributed by atoms with E-state index in [2.05, 4.69) is 39.1 Å². The van der Waals surface area contributed by atoms with Gasteiger partial charge in [0.15, 0.2) is 0 Å². The Morgan fingerprint density at radius 3 is 2.91 bits per heavy atom. The lowest BCUT2D eigenvalue weighted by Crippen LogP contribution is -2.22. The number of halogens is 1. The highest BCUT2D eigenvalue weighted by molar-refractivity contribution is 9.10. The molecule has 4 nitrogen and oxygen atoms in total. The molecule has 0 aliphatic carbocycles. The quantitative estimate of drug-likeness (QED) is 0.560. The van der Waals surface area contributed by atoms with E-state index in [1.165, 1.54) is 0 Å². The van der Waals surface area contributed by atoms with Crippen LogP contribution in [0.5, 0.6) is 0 Å². The van der Waals surface area contributed by atoms with Crippen molar-refractivity contribution < 1.29 is 4.79 Å². The smallest absolute Gasteiger partial charge is 0.210 e. The second-order valence-electron chi connectivity index (χ2n) is 5.49. The lowest BCUT2D eigenvalue weighted by atomic mass is 10.0. The zero-order valence-corrected chi connectivity index (χ0v) is 13.8. The van der Waals surface area contributed by atoms with Crippen molar-refractivity contribution in [3.8, 4) is 11.3 Å². The van der Waals surface area contributed by atoms with Crippen LogP contribution in [0, 0.1) is 0 Å². The molecule has 4 rings (SSSR count). The maximum Gasteiger partial charge on any atom is 0.210 e. The predicted octanol–water partition coefficient (Wildman–Crippen LogP) is 4.06. The van der Waals surface area contributed by atoms with Crippen LogP contribution in [0.15, 0.2) is 59.2 Å². The minimum absolute atomic E-state index is 0.108. The SMILES string of the molecule is O=CN1CC=CC1c1nc(-c2cccc3c(Br)cccc23)c[nH]1. The van der Waals surface area contributed by atoms with Gasteiger partial charge < -0.3 is 9.88 Å². The summed E-state index contributed by atoms with van der Waals surface area (Å²) in [5.41, 5.74) is 1.96. The van der Waals surface area contributed by atoms with E-state index < -0.39 is 0 Å². The van der Waals surface area contributed by atoms with Crippen LogP contribution in [-0.4, -0.2) is 27.8 Å². The molecule has 1 aliphatic rings.